The Labute approximate surface area is 223 Å². The Morgan fingerprint density at radius 1 is 0.730 bits per heavy atom. The zero-order valence-electron chi connectivity index (χ0n) is 21.9. The number of aromatic nitrogens is 2. The van der Waals surface area contributed by atoms with E-state index in [4.69, 9.17) is 4.98 Å². The van der Waals surface area contributed by atoms with Gasteiger partial charge in [0.2, 0.25) is 0 Å². The Kier molecular flexibility index (Phi) is 6.18. The van der Waals surface area contributed by atoms with E-state index in [9.17, 15) is 0 Å². The summed E-state index contributed by atoms with van der Waals surface area (Å²) in [4.78, 5) is 5.22. The van der Waals surface area contributed by atoms with Crippen LogP contribution in [0.4, 0.5) is 0 Å². The van der Waals surface area contributed by atoms with E-state index < -0.39 is 0 Å². The second kappa shape index (κ2) is 9.64. The predicted octanol–water partition coefficient (Wildman–Crippen LogP) is 9.88. The Bertz CT molecular complexity index is 1680. The summed E-state index contributed by atoms with van der Waals surface area (Å²) in [5.74, 6) is 1.97. The molecule has 2 heterocycles. The van der Waals surface area contributed by atoms with Gasteiger partial charge in [0.25, 0.3) is 0 Å². The Balaban J connectivity index is 1.57. The SMILES string of the molecule is CC(C)c1cccc(C(C)C)c1Cn1c(-c2csc3ccc(-c4ccccc4)cc23)nc2ccccc21. The summed E-state index contributed by atoms with van der Waals surface area (Å²) in [7, 11) is 0. The molecule has 6 aromatic rings. The molecule has 6 rings (SSSR count). The van der Waals surface area contributed by atoms with E-state index in [1.165, 1.54) is 49.0 Å². The molecule has 0 saturated carbocycles. The van der Waals surface area contributed by atoms with Crippen LogP contribution in [0.3, 0.4) is 0 Å². The van der Waals surface area contributed by atoms with Gasteiger partial charge >= 0.3 is 0 Å². The Morgan fingerprint density at radius 2 is 1.43 bits per heavy atom. The third kappa shape index (κ3) is 4.28. The first-order valence-electron chi connectivity index (χ1n) is 13.1. The number of hydrogen-bond donors (Lipinski definition) is 0. The highest BCUT2D eigenvalue weighted by Crippen LogP contribution is 2.39. The topological polar surface area (TPSA) is 17.8 Å². The minimum Gasteiger partial charge on any atom is -0.319 e. The van der Waals surface area contributed by atoms with E-state index in [2.05, 4.69) is 129 Å². The van der Waals surface area contributed by atoms with Crippen molar-refractivity contribution in [2.45, 2.75) is 46.1 Å². The first-order chi connectivity index (χ1) is 18.0. The van der Waals surface area contributed by atoms with E-state index in [1.54, 1.807) is 11.3 Å². The van der Waals surface area contributed by atoms with Crippen molar-refractivity contribution in [2.75, 3.05) is 0 Å². The average Bonchev–Trinajstić information content (AvgIpc) is 3.50. The molecule has 0 bridgehead atoms. The van der Waals surface area contributed by atoms with Gasteiger partial charge in [-0.1, -0.05) is 94.4 Å². The molecule has 2 aromatic heterocycles. The van der Waals surface area contributed by atoms with Gasteiger partial charge in [0.05, 0.1) is 17.6 Å². The molecule has 2 nitrogen and oxygen atoms in total. The molecule has 0 aliphatic rings. The van der Waals surface area contributed by atoms with Crippen LogP contribution in [0.25, 0.3) is 43.6 Å². The van der Waals surface area contributed by atoms with Crippen molar-refractivity contribution in [2.24, 2.45) is 0 Å². The number of hydrogen-bond acceptors (Lipinski definition) is 2. The van der Waals surface area contributed by atoms with Crippen LogP contribution >= 0.6 is 11.3 Å². The molecule has 0 amide bonds. The van der Waals surface area contributed by atoms with E-state index in [-0.39, 0.29) is 0 Å². The number of para-hydroxylation sites is 2. The molecule has 0 radical (unpaired) electrons. The van der Waals surface area contributed by atoms with Crippen molar-refractivity contribution in [3.63, 3.8) is 0 Å². The van der Waals surface area contributed by atoms with Gasteiger partial charge in [0, 0.05) is 21.0 Å². The van der Waals surface area contributed by atoms with Gasteiger partial charge in [0.1, 0.15) is 5.82 Å². The molecular formula is C34H32N2S. The summed E-state index contributed by atoms with van der Waals surface area (Å²) in [6.07, 6.45) is 0. The maximum absolute atomic E-state index is 5.22. The minimum atomic E-state index is 0.461. The molecule has 37 heavy (non-hydrogen) atoms. The van der Waals surface area contributed by atoms with Crippen LogP contribution in [0.15, 0.2) is 96.4 Å². The normalized spacial score (nSPS) is 11.8. The third-order valence-corrected chi connectivity index (χ3v) is 8.35. The van der Waals surface area contributed by atoms with Gasteiger partial charge in [-0.05, 0) is 63.9 Å². The molecule has 0 unspecified atom stereocenters. The minimum absolute atomic E-state index is 0.461. The fourth-order valence-electron chi connectivity index (χ4n) is 5.50. The van der Waals surface area contributed by atoms with E-state index in [1.807, 2.05) is 0 Å². The van der Waals surface area contributed by atoms with Crippen molar-refractivity contribution in [1.82, 2.24) is 9.55 Å². The van der Waals surface area contributed by atoms with Crippen LogP contribution in [-0.2, 0) is 6.54 Å². The molecule has 4 aromatic carbocycles. The highest BCUT2D eigenvalue weighted by Gasteiger charge is 2.20. The maximum Gasteiger partial charge on any atom is 0.142 e. The molecule has 3 heteroatoms. The largest absolute Gasteiger partial charge is 0.319 e. The van der Waals surface area contributed by atoms with E-state index in [0.717, 1.165) is 17.9 Å². The first kappa shape index (κ1) is 23.7. The third-order valence-electron chi connectivity index (χ3n) is 7.38. The molecule has 0 saturated heterocycles. The lowest BCUT2D eigenvalue weighted by Gasteiger charge is -2.21. The van der Waals surface area contributed by atoms with Gasteiger partial charge in [-0.3, -0.25) is 0 Å². The van der Waals surface area contributed by atoms with Crippen LogP contribution < -0.4 is 0 Å². The summed E-state index contributed by atoms with van der Waals surface area (Å²) in [6, 6.07) is 32.8. The average molecular weight is 501 g/mol. The van der Waals surface area contributed by atoms with Crippen molar-refractivity contribution in [3.8, 4) is 22.5 Å². The molecule has 0 aliphatic carbocycles. The van der Waals surface area contributed by atoms with Crippen molar-refractivity contribution >= 4 is 32.5 Å². The van der Waals surface area contributed by atoms with Gasteiger partial charge in [-0.2, -0.15) is 0 Å². The molecular weight excluding hydrogens is 468 g/mol. The zero-order valence-corrected chi connectivity index (χ0v) is 22.7. The lowest BCUT2D eigenvalue weighted by atomic mass is 9.88. The van der Waals surface area contributed by atoms with Crippen LogP contribution in [0.5, 0.6) is 0 Å². The number of nitrogens with zero attached hydrogens (tertiary/aromatic N) is 2. The molecule has 0 N–H and O–H groups in total. The molecule has 0 atom stereocenters. The first-order valence-corrected chi connectivity index (χ1v) is 14.0. The smallest absolute Gasteiger partial charge is 0.142 e. The monoisotopic (exact) mass is 500 g/mol. The number of thiophene rings is 1. The van der Waals surface area contributed by atoms with Gasteiger partial charge in [0.15, 0.2) is 0 Å². The fourth-order valence-corrected chi connectivity index (χ4v) is 6.42. The summed E-state index contributed by atoms with van der Waals surface area (Å²) >= 11 is 1.80. The summed E-state index contributed by atoms with van der Waals surface area (Å²) < 4.78 is 3.73. The van der Waals surface area contributed by atoms with Gasteiger partial charge < -0.3 is 4.57 Å². The van der Waals surface area contributed by atoms with Crippen LogP contribution in [0.2, 0.25) is 0 Å². The Morgan fingerprint density at radius 3 is 2.16 bits per heavy atom. The van der Waals surface area contributed by atoms with E-state index in [0.29, 0.717) is 11.8 Å². The second-order valence-corrected chi connectivity index (χ2v) is 11.4. The lowest BCUT2D eigenvalue weighted by molar-refractivity contribution is 0.750. The van der Waals surface area contributed by atoms with Crippen LogP contribution in [0.1, 0.15) is 56.2 Å². The quantitative estimate of drug-likeness (QED) is 0.222. The van der Waals surface area contributed by atoms with Crippen LogP contribution in [0, 0.1) is 0 Å². The number of rotatable bonds is 6. The lowest BCUT2D eigenvalue weighted by Crippen LogP contribution is -2.10. The number of benzene rings is 4. The summed E-state index contributed by atoms with van der Waals surface area (Å²) in [6.45, 7) is 10.0. The van der Waals surface area contributed by atoms with E-state index >= 15 is 0 Å². The molecule has 184 valence electrons. The fraction of sp³-hybridized carbons (Fsp3) is 0.206. The van der Waals surface area contributed by atoms with Gasteiger partial charge in [-0.15, -0.1) is 11.3 Å². The predicted molar refractivity (Wildman–Crippen MR) is 160 cm³/mol. The summed E-state index contributed by atoms with van der Waals surface area (Å²) in [5, 5.41) is 3.55. The second-order valence-electron chi connectivity index (χ2n) is 10.5. The standard InChI is InChI=1S/C34H32N2S/c1-22(2)26-13-10-14-27(23(3)4)29(26)20-36-32-16-9-8-15-31(32)35-34(36)30-21-37-33-18-17-25(19-28(30)33)24-11-6-5-7-12-24/h5-19,21-23H,20H2,1-4H3. The zero-order chi connectivity index (χ0) is 25.5. The van der Waals surface area contributed by atoms with Gasteiger partial charge in [-0.25, -0.2) is 4.98 Å². The van der Waals surface area contributed by atoms with Crippen molar-refractivity contribution < 1.29 is 0 Å². The molecule has 0 aliphatic heterocycles. The van der Waals surface area contributed by atoms with Crippen LogP contribution in [-0.4, -0.2) is 9.55 Å². The maximum atomic E-state index is 5.22. The molecule has 0 spiro atoms. The molecule has 0 fully saturated rings. The highest BCUT2D eigenvalue weighted by molar-refractivity contribution is 7.17. The number of imidazole rings is 1. The Hall–Kier alpha value is -3.69. The van der Waals surface area contributed by atoms with Crippen molar-refractivity contribution in [3.05, 3.63) is 113 Å². The number of fused-ring (bicyclic) bond motifs is 2. The highest BCUT2D eigenvalue weighted by atomic mass is 32.1. The summed E-state index contributed by atoms with van der Waals surface area (Å²) in [5.41, 5.74) is 10.2. The van der Waals surface area contributed by atoms with Crippen molar-refractivity contribution in [1.29, 1.82) is 0 Å².